The molecule has 114 valence electrons. The Bertz CT molecular complexity index is 541. The summed E-state index contributed by atoms with van der Waals surface area (Å²) in [6.45, 7) is 0. The number of aryl methyl sites for hydroxylation is 2. The van der Waals surface area contributed by atoms with E-state index in [-0.39, 0.29) is 10.2 Å². The van der Waals surface area contributed by atoms with Crippen molar-refractivity contribution in [2.45, 2.75) is 25.7 Å². The molecule has 0 N–H and O–H groups in total. The summed E-state index contributed by atoms with van der Waals surface area (Å²) >= 11 is 0. The van der Waals surface area contributed by atoms with Gasteiger partial charge < -0.3 is 0 Å². The first-order valence-corrected chi connectivity index (χ1v) is 9.37. The fourth-order valence-corrected chi connectivity index (χ4v) is 3.57. The molecule has 2 aromatic rings. The smallest absolute Gasteiger partial charge is 0.200 e. The van der Waals surface area contributed by atoms with E-state index in [0.717, 1.165) is 45.6 Å². The minimum Gasteiger partial charge on any atom is -0.286 e. The molecule has 0 bridgehead atoms. The van der Waals surface area contributed by atoms with E-state index in [9.17, 15) is 9.59 Å². The molecule has 0 saturated heterocycles. The monoisotopic (exact) mass is 330 g/mol. The second kappa shape index (κ2) is 9.49. The molecule has 22 heavy (non-hydrogen) atoms. The maximum absolute atomic E-state index is 11.8. The van der Waals surface area contributed by atoms with E-state index in [1.807, 2.05) is 60.7 Å². The number of rotatable bonds is 6. The Morgan fingerprint density at radius 3 is 1.36 bits per heavy atom. The van der Waals surface area contributed by atoms with E-state index >= 15 is 0 Å². The van der Waals surface area contributed by atoms with Crippen LogP contribution in [0.2, 0.25) is 0 Å². The van der Waals surface area contributed by atoms with Crippen LogP contribution in [-0.4, -0.2) is 10.2 Å². The summed E-state index contributed by atoms with van der Waals surface area (Å²) in [6.07, 6.45) is 2.39. The summed E-state index contributed by atoms with van der Waals surface area (Å²) in [4.78, 5) is 23.6. The highest BCUT2D eigenvalue weighted by Gasteiger charge is 2.09. The lowest BCUT2D eigenvalue weighted by Crippen LogP contribution is -1.97. The Hall–Kier alpha value is -1.52. The first kappa shape index (κ1) is 16.8. The fraction of sp³-hybridized carbons (Fsp3) is 0.222. The van der Waals surface area contributed by atoms with Crippen LogP contribution in [0.5, 0.6) is 0 Å². The first-order chi connectivity index (χ1) is 10.7. The van der Waals surface area contributed by atoms with E-state index in [1.54, 1.807) is 0 Å². The molecule has 0 radical (unpaired) electrons. The summed E-state index contributed by atoms with van der Waals surface area (Å²) in [5.74, 6) is 0. The molecule has 0 aliphatic carbocycles. The van der Waals surface area contributed by atoms with Crippen molar-refractivity contribution < 1.29 is 9.59 Å². The standard InChI is InChI=1S/C18H18O2S2/c19-17(13-11-15-7-3-1-4-8-15)21-22-18(20)14-12-16-9-5-2-6-10-16/h1-10H,11-14H2. The number of carbonyl (C=O) groups excluding carboxylic acids is 2. The summed E-state index contributed by atoms with van der Waals surface area (Å²) in [5.41, 5.74) is 2.30. The van der Waals surface area contributed by atoms with Crippen molar-refractivity contribution in [3.05, 3.63) is 71.8 Å². The lowest BCUT2D eigenvalue weighted by atomic mass is 10.1. The SMILES string of the molecule is O=C(CCc1ccccc1)SSC(=O)CCc1ccccc1. The van der Waals surface area contributed by atoms with Crippen LogP contribution >= 0.6 is 21.6 Å². The predicted molar refractivity (Wildman–Crippen MR) is 94.7 cm³/mol. The molecule has 0 heterocycles. The van der Waals surface area contributed by atoms with Crippen LogP contribution in [0, 0.1) is 0 Å². The first-order valence-electron chi connectivity index (χ1n) is 7.22. The molecule has 0 amide bonds. The van der Waals surface area contributed by atoms with Crippen LogP contribution in [0.15, 0.2) is 60.7 Å². The number of benzene rings is 2. The molecule has 2 rings (SSSR count). The maximum Gasteiger partial charge on any atom is 0.200 e. The molecule has 0 saturated carbocycles. The van der Waals surface area contributed by atoms with E-state index in [1.165, 1.54) is 0 Å². The van der Waals surface area contributed by atoms with Gasteiger partial charge in [0.25, 0.3) is 0 Å². The molecule has 0 fully saturated rings. The van der Waals surface area contributed by atoms with Crippen LogP contribution in [0.4, 0.5) is 0 Å². The topological polar surface area (TPSA) is 34.1 Å². The molecule has 0 unspecified atom stereocenters. The van der Waals surface area contributed by atoms with Gasteiger partial charge in [-0.05, 0) is 45.6 Å². The largest absolute Gasteiger partial charge is 0.286 e. The number of carbonyl (C=O) groups is 2. The zero-order valence-electron chi connectivity index (χ0n) is 12.2. The average molecular weight is 330 g/mol. The van der Waals surface area contributed by atoms with Crippen molar-refractivity contribution in [2.75, 3.05) is 0 Å². The Kier molecular flexibility index (Phi) is 7.26. The second-order valence-corrected chi connectivity index (χ2v) is 7.13. The van der Waals surface area contributed by atoms with Gasteiger partial charge in [0.2, 0.25) is 0 Å². The van der Waals surface area contributed by atoms with Crippen molar-refractivity contribution in [1.29, 1.82) is 0 Å². The maximum atomic E-state index is 11.8. The molecule has 0 atom stereocenters. The van der Waals surface area contributed by atoms with Crippen molar-refractivity contribution in [2.24, 2.45) is 0 Å². The third-order valence-corrected chi connectivity index (χ3v) is 5.38. The minimum atomic E-state index is 0.0573. The molecular formula is C18H18O2S2. The molecular weight excluding hydrogens is 312 g/mol. The van der Waals surface area contributed by atoms with E-state index in [4.69, 9.17) is 0 Å². The molecule has 0 aromatic heterocycles. The van der Waals surface area contributed by atoms with E-state index in [0.29, 0.717) is 12.8 Å². The Morgan fingerprint density at radius 1 is 0.636 bits per heavy atom. The zero-order chi connectivity index (χ0) is 15.6. The van der Waals surface area contributed by atoms with Gasteiger partial charge >= 0.3 is 0 Å². The highest BCUT2D eigenvalue weighted by atomic mass is 33.1. The van der Waals surface area contributed by atoms with Gasteiger partial charge in [-0.25, -0.2) is 0 Å². The quantitative estimate of drug-likeness (QED) is 0.720. The van der Waals surface area contributed by atoms with Crippen LogP contribution in [0.1, 0.15) is 24.0 Å². The Balaban J connectivity index is 1.62. The van der Waals surface area contributed by atoms with Gasteiger partial charge in [0.05, 0.1) is 0 Å². The van der Waals surface area contributed by atoms with Gasteiger partial charge in [0, 0.05) is 12.8 Å². The second-order valence-electron chi connectivity index (χ2n) is 4.88. The van der Waals surface area contributed by atoms with Crippen LogP contribution in [0.25, 0.3) is 0 Å². The van der Waals surface area contributed by atoms with Crippen molar-refractivity contribution >= 4 is 31.8 Å². The molecule has 0 spiro atoms. The minimum absolute atomic E-state index is 0.0573. The molecule has 4 heteroatoms. The molecule has 0 aliphatic heterocycles. The van der Waals surface area contributed by atoms with Gasteiger partial charge in [0.15, 0.2) is 10.2 Å². The van der Waals surface area contributed by atoms with Gasteiger partial charge in [-0.15, -0.1) is 0 Å². The normalized spacial score (nSPS) is 10.4. The van der Waals surface area contributed by atoms with Crippen LogP contribution in [0.3, 0.4) is 0 Å². The lowest BCUT2D eigenvalue weighted by molar-refractivity contribution is -0.112. The van der Waals surface area contributed by atoms with Crippen LogP contribution in [-0.2, 0) is 22.4 Å². The lowest BCUT2D eigenvalue weighted by Gasteiger charge is -2.02. The van der Waals surface area contributed by atoms with Crippen molar-refractivity contribution in [1.82, 2.24) is 0 Å². The summed E-state index contributed by atoms with van der Waals surface area (Å²) in [7, 11) is 2.13. The molecule has 2 nitrogen and oxygen atoms in total. The van der Waals surface area contributed by atoms with Crippen LogP contribution < -0.4 is 0 Å². The fourth-order valence-electron chi connectivity index (χ4n) is 1.96. The highest BCUT2D eigenvalue weighted by Crippen LogP contribution is 2.26. The Labute approximate surface area is 139 Å². The number of hydrogen-bond acceptors (Lipinski definition) is 4. The van der Waals surface area contributed by atoms with Gasteiger partial charge in [0.1, 0.15) is 0 Å². The van der Waals surface area contributed by atoms with E-state index < -0.39 is 0 Å². The van der Waals surface area contributed by atoms with E-state index in [2.05, 4.69) is 0 Å². The van der Waals surface area contributed by atoms with Crippen molar-refractivity contribution in [3.63, 3.8) is 0 Å². The zero-order valence-corrected chi connectivity index (χ0v) is 13.9. The third-order valence-electron chi connectivity index (χ3n) is 3.15. The Morgan fingerprint density at radius 2 is 1.00 bits per heavy atom. The summed E-state index contributed by atoms with van der Waals surface area (Å²) in [6, 6.07) is 19.8. The highest BCUT2D eigenvalue weighted by molar-refractivity contribution is 8.87. The third kappa shape index (κ3) is 6.50. The van der Waals surface area contributed by atoms with Gasteiger partial charge in [-0.1, -0.05) is 60.7 Å². The van der Waals surface area contributed by atoms with Gasteiger partial charge in [-0.3, -0.25) is 9.59 Å². The summed E-state index contributed by atoms with van der Waals surface area (Å²) < 4.78 is 0. The molecule has 0 aliphatic rings. The van der Waals surface area contributed by atoms with Gasteiger partial charge in [-0.2, -0.15) is 0 Å². The molecule has 2 aromatic carbocycles. The summed E-state index contributed by atoms with van der Waals surface area (Å²) in [5, 5.41) is 0.115. The number of hydrogen-bond donors (Lipinski definition) is 0. The average Bonchev–Trinajstić information content (AvgIpc) is 2.58. The van der Waals surface area contributed by atoms with Crippen molar-refractivity contribution in [3.8, 4) is 0 Å². The predicted octanol–water partition coefficient (Wildman–Crippen LogP) is 4.69.